The molecule has 0 radical (unpaired) electrons. The van der Waals surface area contributed by atoms with E-state index in [0.717, 1.165) is 15.3 Å². The van der Waals surface area contributed by atoms with Crippen LogP contribution in [0.5, 0.6) is 0 Å². The fraction of sp³-hybridized carbons (Fsp3) is 0.639. The van der Waals surface area contributed by atoms with Crippen molar-refractivity contribution in [1.82, 2.24) is 38.6 Å². The van der Waals surface area contributed by atoms with Crippen molar-refractivity contribution in [3.63, 3.8) is 0 Å². The molecule has 31 nitrogen and oxygen atoms in total. The number of nitrogens with two attached hydrogens (primary N) is 1. The Labute approximate surface area is 443 Å². The van der Waals surface area contributed by atoms with Gasteiger partial charge in [-0.05, 0) is 27.7 Å². The molecule has 4 aromatic rings. The molecular formula is C36H49N9O22P4S4-4. The lowest BCUT2D eigenvalue weighted by Crippen LogP contribution is -2.41. The first-order valence-corrected chi connectivity index (χ1v) is 32.3. The Morgan fingerprint density at radius 3 is 1.93 bits per heavy atom. The van der Waals surface area contributed by atoms with Gasteiger partial charge < -0.3 is 92.9 Å². The van der Waals surface area contributed by atoms with Crippen LogP contribution in [-0.4, -0.2) is 133 Å². The lowest BCUT2D eigenvalue weighted by atomic mass is 10.1. The molecule has 0 amide bonds. The van der Waals surface area contributed by atoms with E-state index >= 15 is 0 Å². The van der Waals surface area contributed by atoms with Crippen molar-refractivity contribution in [2.24, 2.45) is 0 Å². The average molecular weight is 1210 g/mol. The Balaban J connectivity index is 1.11. The third-order valence-electron chi connectivity index (χ3n) is 11.2. The number of aliphatic hydroxyl groups excluding tert-OH is 1. The van der Waals surface area contributed by atoms with Gasteiger partial charge in [-0.3, -0.25) is 47.6 Å². The van der Waals surface area contributed by atoms with E-state index in [1.165, 1.54) is 38.0 Å². The van der Waals surface area contributed by atoms with Gasteiger partial charge in [-0.15, -0.1) is 0 Å². The topological polar surface area (TPSA) is 417 Å². The van der Waals surface area contributed by atoms with Crippen molar-refractivity contribution in [3.8, 4) is 0 Å². The zero-order chi connectivity index (χ0) is 54.9. The highest BCUT2D eigenvalue weighted by atomic mass is 32.7. The van der Waals surface area contributed by atoms with Gasteiger partial charge in [0.25, 0.3) is 16.7 Å². The van der Waals surface area contributed by atoms with E-state index in [2.05, 4.69) is 24.9 Å². The lowest BCUT2D eigenvalue weighted by molar-refractivity contribution is -0.219. The SMILES string of the molecule is CO[C@H]1C(OP([O-])(=S)OCCO)[C@@H](COP([O-])(=S)OC2C[C@H](n3cc(C)c(=O)[nH]c3=O)O[C@@H]2COP(=O)([S-])OC2C[C@H](n3cnc4c(=O)[nH]c(N)nc43)O[C@@H]2COP([O-])(=S)OC(C)C)O[C@H]1n1cc(C)c(=O)[nH]c1=O. The summed E-state index contributed by atoms with van der Waals surface area (Å²) >= 11 is 20.7. The monoisotopic (exact) mass is 1210 g/mol. The van der Waals surface area contributed by atoms with Gasteiger partial charge in [0.15, 0.2) is 24.2 Å². The molecule has 7 rings (SSSR count). The number of nitrogen functional groups attached to an aromatic ring is 1. The first kappa shape index (κ1) is 60.0. The summed E-state index contributed by atoms with van der Waals surface area (Å²) in [5, 5.41) is 9.26. The van der Waals surface area contributed by atoms with Gasteiger partial charge in [0, 0.05) is 43.5 Å². The summed E-state index contributed by atoms with van der Waals surface area (Å²) in [5.41, 5.74) is 1.96. The predicted octanol–water partition coefficient (Wildman–Crippen LogP) is -2.04. The van der Waals surface area contributed by atoms with E-state index < -0.39 is 156 Å². The number of hydrogen-bond acceptors (Lipinski definition) is 29. The Kier molecular flexibility index (Phi) is 19.5. The molecule has 0 spiro atoms. The van der Waals surface area contributed by atoms with Crippen LogP contribution in [0, 0.1) is 13.8 Å². The van der Waals surface area contributed by atoms with E-state index in [9.17, 15) is 48.3 Å². The number of nitrogens with one attached hydrogen (secondary N) is 3. The van der Waals surface area contributed by atoms with Crippen molar-refractivity contribution < 1.29 is 79.5 Å². The minimum atomic E-state index is -4.79. The van der Waals surface area contributed by atoms with Crippen LogP contribution in [0.4, 0.5) is 5.95 Å². The summed E-state index contributed by atoms with van der Waals surface area (Å²) in [6, 6.07) is 0. The van der Waals surface area contributed by atoms with E-state index in [4.69, 9.17) is 109 Å². The molecule has 39 heteroatoms. The minimum absolute atomic E-state index is 0.00590. The molecule has 7 unspecified atom stereocenters. The van der Waals surface area contributed by atoms with Crippen molar-refractivity contribution >= 4 is 91.7 Å². The number of imidazole rings is 1. The van der Waals surface area contributed by atoms with Crippen molar-refractivity contribution in [3.05, 3.63) is 81.9 Å². The number of aliphatic hydroxyl groups is 1. The summed E-state index contributed by atoms with van der Waals surface area (Å²) in [6.07, 6.45) is -11.1. The molecule has 7 heterocycles. The third kappa shape index (κ3) is 15.0. The highest BCUT2D eigenvalue weighted by Crippen LogP contribution is 2.53. The Bertz CT molecular complexity index is 3230. The van der Waals surface area contributed by atoms with Crippen LogP contribution in [0.25, 0.3) is 11.2 Å². The number of aromatic amines is 3. The molecule has 3 aliphatic rings. The molecule has 4 aromatic heterocycles. The summed E-state index contributed by atoms with van der Waals surface area (Å²) in [5.74, 6) is -0.237. The molecule has 3 fully saturated rings. The molecule has 0 bridgehead atoms. The second kappa shape index (κ2) is 24.4. The quantitative estimate of drug-likeness (QED) is 0.0372. The molecule has 14 atom stereocenters. The van der Waals surface area contributed by atoms with Gasteiger partial charge in [0.05, 0.1) is 57.7 Å². The minimum Gasteiger partial charge on any atom is -0.780 e. The number of aromatic nitrogens is 8. The average Bonchev–Trinajstić information content (AvgIpc) is 4.09. The van der Waals surface area contributed by atoms with Gasteiger partial charge in [-0.25, -0.2) is 14.6 Å². The Morgan fingerprint density at radius 2 is 1.32 bits per heavy atom. The maximum Gasteiger partial charge on any atom is 0.330 e. The predicted molar refractivity (Wildman–Crippen MR) is 266 cm³/mol. The normalized spacial score (nSPS) is 28.4. The molecule has 0 aliphatic carbocycles. The van der Waals surface area contributed by atoms with Gasteiger partial charge in [-0.2, -0.15) is 4.98 Å². The van der Waals surface area contributed by atoms with Gasteiger partial charge in [0.2, 0.25) is 5.95 Å². The summed E-state index contributed by atoms with van der Waals surface area (Å²) in [7, 11) is 1.19. The molecule has 3 saturated heterocycles. The van der Waals surface area contributed by atoms with Crippen LogP contribution in [0.3, 0.4) is 0 Å². The van der Waals surface area contributed by atoms with Crippen LogP contribution in [0.1, 0.15) is 56.5 Å². The first-order valence-electron chi connectivity index (χ1n) is 22.1. The standard InChI is InChI=1S/C36H53N9O22P4S4/c1-16(2)64-69(53,73)58-12-22-20(9-25(62-22)45-15-38-26-29(45)39-34(37)40-32(26)49)66-70(54,74)59-13-21-19(8-24(61-21)43-10-17(3)30(47)41-35(43)50)65-71(55,75)60-14-23-27(67-68(52,72)57-7-6-46)28(56-5)33(63-23)44-11-18(4)31(48)42-36(44)51/h10-11,15-16,19-25,27-28,33,46H,6-9,12-14H2,1-5H3,(H,52,72)(H,53,73)(H,54,74)(H,55,75)(H,41,47,50)(H,42,48,51)(H3,37,39,40,49)/p-4/t19?,20?,21-,22-,23-,24-,25-,27?,28+,33-,68?,69?,70?,71?/m1/s1. The van der Waals surface area contributed by atoms with Crippen LogP contribution in [0.15, 0.2) is 42.7 Å². The zero-order valence-electron chi connectivity index (χ0n) is 39.8. The smallest absolute Gasteiger partial charge is 0.330 e. The number of fused-ring (bicyclic) bond motifs is 1. The van der Waals surface area contributed by atoms with Gasteiger partial charge in [0.1, 0.15) is 63.1 Å². The number of nitrogens with zero attached hydrogens (tertiary/aromatic N) is 5. The van der Waals surface area contributed by atoms with Crippen LogP contribution in [0.2, 0.25) is 0 Å². The second-order valence-corrected chi connectivity index (χ2v) is 27.8. The summed E-state index contributed by atoms with van der Waals surface area (Å²) in [4.78, 5) is 118. The molecule has 0 aromatic carbocycles. The number of hydrogen-bond donors (Lipinski definition) is 5. The number of ether oxygens (including phenoxy) is 4. The van der Waals surface area contributed by atoms with Crippen LogP contribution < -0.4 is 48.5 Å². The lowest BCUT2D eigenvalue weighted by Gasteiger charge is -2.36. The molecular weight excluding hydrogens is 1160 g/mol. The fourth-order valence-electron chi connectivity index (χ4n) is 7.94. The first-order chi connectivity index (χ1) is 35.1. The zero-order valence-corrected chi connectivity index (χ0v) is 46.6. The molecule has 3 aliphatic heterocycles. The van der Waals surface area contributed by atoms with Crippen molar-refractivity contribution in [1.29, 1.82) is 0 Å². The number of methoxy groups -OCH3 is 1. The number of H-pyrrole nitrogens is 3. The maximum absolute atomic E-state index is 14.2. The van der Waals surface area contributed by atoms with Gasteiger partial charge in [-0.1, -0.05) is 35.4 Å². The molecule has 0 saturated carbocycles. The fourth-order valence-corrected chi connectivity index (χ4v) is 13.9. The largest absolute Gasteiger partial charge is 0.780 e. The van der Waals surface area contributed by atoms with E-state index in [1.807, 2.05) is 0 Å². The van der Waals surface area contributed by atoms with E-state index in [-0.39, 0.29) is 41.1 Å². The van der Waals surface area contributed by atoms with E-state index in [1.54, 1.807) is 13.8 Å². The van der Waals surface area contributed by atoms with Crippen molar-refractivity contribution in [2.45, 2.75) is 108 Å². The number of aryl methyl sites for hydroxylation is 2. The number of rotatable bonds is 24. The molecule has 6 N–H and O–H groups in total. The highest BCUT2D eigenvalue weighted by molar-refractivity contribution is 8.32. The Hall–Kier alpha value is -2.60. The third-order valence-corrected chi connectivity index (χ3v) is 17.6. The van der Waals surface area contributed by atoms with Crippen LogP contribution >= 0.6 is 27.0 Å². The molecule has 75 heavy (non-hydrogen) atoms. The maximum atomic E-state index is 14.2. The summed E-state index contributed by atoms with van der Waals surface area (Å²) in [6.45, 7) is -15.3. The Morgan fingerprint density at radius 1 is 0.773 bits per heavy atom. The molecule has 418 valence electrons. The highest BCUT2D eigenvalue weighted by Gasteiger charge is 2.49. The summed E-state index contributed by atoms with van der Waals surface area (Å²) < 4.78 is 85.6. The van der Waals surface area contributed by atoms with E-state index in [0.29, 0.717) is 0 Å². The van der Waals surface area contributed by atoms with Crippen molar-refractivity contribution in [2.75, 3.05) is 45.9 Å². The van der Waals surface area contributed by atoms with Crippen LogP contribution in [-0.2, 0) is 107 Å². The van der Waals surface area contributed by atoms with Gasteiger partial charge >= 0.3 is 11.4 Å². The number of anilines is 1. The second-order valence-electron chi connectivity index (χ2n) is 17.0.